The number of alkyl halides is 1. The van der Waals surface area contributed by atoms with Crippen LogP contribution in [0.3, 0.4) is 0 Å². The van der Waals surface area contributed by atoms with Crippen LogP contribution in [0.5, 0.6) is 0 Å². The molecule has 0 heterocycles. The van der Waals surface area contributed by atoms with Crippen molar-refractivity contribution in [1.29, 1.82) is 0 Å². The second-order valence-corrected chi connectivity index (χ2v) is 6.84. The van der Waals surface area contributed by atoms with Crippen molar-refractivity contribution in [2.45, 2.75) is 39.0 Å². The number of unbranched alkanes of at least 4 members (excludes halogenated alkanes) is 2. The third-order valence-corrected chi connectivity index (χ3v) is 4.48. The van der Waals surface area contributed by atoms with Crippen molar-refractivity contribution in [3.63, 3.8) is 0 Å². The van der Waals surface area contributed by atoms with Crippen molar-refractivity contribution >= 4 is 27.3 Å². The second kappa shape index (κ2) is 8.43. The van der Waals surface area contributed by atoms with Gasteiger partial charge in [0.1, 0.15) is 0 Å². The molecule has 0 aliphatic carbocycles. The molecule has 0 bridgehead atoms. The highest BCUT2D eigenvalue weighted by Crippen LogP contribution is 2.13. The summed E-state index contributed by atoms with van der Waals surface area (Å²) in [6.07, 6.45) is 4.67. The van der Waals surface area contributed by atoms with Gasteiger partial charge in [-0.25, -0.2) is 8.42 Å². The Morgan fingerprint density at radius 3 is 2.37 bits per heavy atom. The van der Waals surface area contributed by atoms with E-state index in [9.17, 15) is 8.42 Å². The van der Waals surface area contributed by atoms with Crippen molar-refractivity contribution in [2.75, 3.05) is 16.4 Å². The van der Waals surface area contributed by atoms with E-state index in [4.69, 9.17) is 11.6 Å². The lowest BCUT2D eigenvalue weighted by molar-refractivity contribution is 0.598. The van der Waals surface area contributed by atoms with Crippen molar-refractivity contribution in [2.24, 2.45) is 0 Å². The first-order valence-corrected chi connectivity index (χ1v) is 8.91. The van der Waals surface area contributed by atoms with Gasteiger partial charge in [0.15, 0.2) is 0 Å². The molecule has 0 saturated carbocycles. The number of hydrogen-bond donors (Lipinski definition) is 1. The lowest BCUT2D eigenvalue weighted by atomic mass is 10.1. The van der Waals surface area contributed by atoms with Crippen molar-refractivity contribution < 1.29 is 8.42 Å². The van der Waals surface area contributed by atoms with Gasteiger partial charge in [0.25, 0.3) is 0 Å². The average Bonchev–Trinajstić information content (AvgIpc) is 2.38. The molecular formula is C14H22ClNO2S. The van der Waals surface area contributed by atoms with Crippen LogP contribution >= 0.6 is 11.6 Å². The van der Waals surface area contributed by atoms with E-state index in [2.05, 4.69) is 11.6 Å². The zero-order valence-electron chi connectivity index (χ0n) is 11.4. The normalized spacial score (nSPS) is 11.5. The van der Waals surface area contributed by atoms with E-state index in [1.807, 2.05) is 24.3 Å². The molecule has 0 fully saturated rings. The van der Waals surface area contributed by atoms with Crippen molar-refractivity contribution in [3.8, 4) is 0 Å². The van der Waals surface area contributed by atoms with Crippen LogP contribution in [0.1, 0.15) is 38.2 Å². The number of aryl methyl sites for hydroxylation is 1. The Bertz CT molecular complexity index is 457. The van der Waals surface area contributed by atoms with E-state index >= 15 is 0 Å². The topological polar surface area (TPSA) is 46.2 Å². The van der Waals surface area contributed by atoms with Crippen LogP contribution in [0, 0.1) is 0 Å². The number of sulfonamides is 1. The molecule has 0 spiro atoms. The van der Waals surface area contributed by atoms with Gasteiger partial charge in [-0.2, -0.15) is 0 Å². The van der Waals surface area contributed by atoms with Gasteiger partial charge in [0.05, 0.1) is 5.75 Å². The quantitative estimate of drug-likeness (QED) is 0.557. The summed E-state index contributed by atoms with van der Waals surface area (Å²) in [6.45, 7) is 2.16. The Balaban J connectivity index is 2.52. The minimum absolute atomic E-state index is 0.122. The van der Waals surface area contributed by atoms with Crippen LogP contribution in [0.15, 0.2) is 24.3 Å². The highest BCUT2D eigenvalue weighted by Gasteiger charge is 2.09. The Kier molecular flexibility index (Phi) is 7.24. The molecule has 0 aliphatic rings. The maximum atomic E-state index is 11.8. The van der Waals surface area contributed by atoms with Gasteiger partial charge in [-0.1, -0.05) is 25.5 Å². The van der Waals surface area contributed by atoms with Gasteiger partial charge < -0.3 is 0 Å². The minimum atomic E-state index is -3.25. The molecule has 0 atom stereocenters. The summed E-state index contributed by atoms with van der Waals surface area (Å²) in [5, 5.41) is 0. The number of anilines is 1. The average molecular weight is 304 g/mol. The van der Waals surface area contributed by atoms with Crippen LogP contribution in [-0.2, 0) is 16.4 Å². The van der Waals surface area contributed by atoms with Crippen molar-refractivity contribution in [3.05, 3.63) is 29.8 Å². The summed E-state index contributed by atoms with van der Waals surface area (Å²) in [5.74, 6) is 0.624. The fourth-order valence-electron chi connectivity index (χ4n) is 1.74. The van der Waals surface area contributed by atoms with Crippen LogP contribution in [0.2, 0.25) is 0 Å². The fourth-order valence-corrected chi connectivity index (χ4v) is 3.11. The van der Waals surface area contributed by atoms with Gasteiger partial charge in [0, 0.05) is 11.6 Å². The molecule has 0 radical (unpaired) electrons. The Morgan fingerprint density at radius 1 is 1.11 bits per heavy atom. The molecule has 19 heavy (non-hydrogen) atoms. The molecule has 0 saturated heterocycles. The van der Waals surface area contributed by atoms with E-state index in [0.717, 1.165) is 25.7 Å². The van der Waals surface area contributed by atoms with Crippen LogP contribution in [0.4, 0.5) is 5.69 Å². The summed E-state index contributed by atoms with van der Waals surface area (Å²) < 4.78 is 26.1. The molecule has 0 aromatic heterocycles. The monoisotopic (exact) mass is 303 g/mol. The number of benzene rings is 1. The minimum Gasteiger partial charge on any atom is -0.284 e. The van der Waals surface area contributed by atoms with E-state index in [1.165, 1.54) is 5.56 Å². The molecular weight excluding hydrogens is 282 g/mol. The Morgan fingerprint density at radius 2 is 1.79 bits per heavy atom. The van der Waals surface area contributed by atoms with Crippen LogP contribution in [-0.4, -0.2) is 20.1 Å². The first-order chi connectivity index (χ1) is 9.07. The maximum absolute atomic E-state index is 11.8. The predicted molar refractivity (Wildman–Crippen MR) is 82.4 cm³/mol. The lowest BCUT2D eigenvalue weighted by Crippen LogP contribution is -2.16. The summed E-state index contributed by atoms with van der Waals surface area (Å²) in [4.78, 5) is 0. The molecule has 3 nitrogen and oxygen atoms in total. The smallest absolute Gasteiger partial charge is 0.232 e. The molecule has 1 aromatic rings. The summed E-state index contributed by atoms with van der Waals surface area (Å²) in [7, 11) is -3.25. The molecule has 1 rings (SSSR count). The largest absolute Gasteiger partial charge is 0.284 e. The highest BCUT2D eigenvalue weighted by atomic mass is 35.5. The SMILES string of the molecule is CCCCc1ccc(NS(=O)(=O)CCCCCl)cc1. The van der Waals surface area contributed by atoms with E-state index in [-0.39, 0.29) is 5.75 Å². The number of nitrogens with one attached hydrogen (secondary N) is 1. The van der Waals surface area contributed by atoms with Crippen molar-refractivity contribution in [1.82, 2.24) is 0 Å². The van der Waals surface area contributed by atoms with Crippen LogP contribution in [0.25, 0.3) is 0 Å². The molecule has 5 heteroatoms. The van der Waals surface area contributed by atoms with Gasteiger partial charge in [-0.15, -0.1) is 11.6 Å². The molecule has 108 valence electrons. The molecule has 0 aliphatic heterocycles. The fraction of sp³-hybridized carbons (Fsp3) is 0.571. The predicted octanol–water partition coefficient (Wildman–Crippen LogP) is 3.79. The zero-order valence-corrected chi connectivity index (χ0v) is 12.9. The first kappa shape index (κ1) is 16.3. The van der Waals surface area contributed by atoms with Gasteiger partial charge in [-0.3, -0.25) is 4.72 Å². The second-order valence-electron chi connectivity index (χ2n) is 4.62. The molecule has 0 amide bonds. The number of rotatable bonds is 9. The summed E-state index contributed by atoms with van der Waals surface area (Å²) in [6, 6.07) is 7.60. The molecule has 0 unspecified atom stereocenters. The molecule has 1 N–H and O–H groups in total. The summed E-state index contributed by atoms with van der Waals surface area (Å²) >= 11 is 5.53. The highest BCUT2D eigenvalue weighted by molar-refractivity contribution is 7.92. The van der Waals surface area contributed by atoms with Gasteiger partial charge in [-0.05, 0) is 43.4 Å². The van der Waals surface area contributed by atoms with E-state index in [1.54, 1.807) is 0 Å². The number of halogens is 1. The standard InChI is InChI=1S/C14H22ClNO2S/c1-2-3-6-13-7-9-14(10-8-13)16-19(17,18)12-5-4-11-15/h7-10,16H,2-6,11-12H2,1H3. The third-order valence-electron chi connectivity index (χ3n) is 2.84. The van der Waals surface area contributed by atoms with E-state index < -0.39 is 10.0 Å². The van der Waals surface area contributed by atoms with Gasteiger partial charge in [0.2, 0.25) is 10.0 Å². The third kappa shape index (κ3) is 6.83. The van der Waals surface area contributed by atoms with E-state index in [0.29, 0.717) is 18.0 Å². The van der Waals surface area contributed by atoms with Crippen LogP contribution < -0.4 is 4.72 Å². The molecule has 1 aromatic carbocycles. The first-order valence-electron chi connectivity index (χ1n) is 6.73. The zero-order chi connectivity index (χ0) is 14.1. The summed E-state index contributed by atoms with van der Waals surface area (Å²) in [5.41, 5.74) is 1.87. The van der Waals surface area contributed by atoms with Gasteiger partial charge >= 0.3 is 0 Å². The Hall–Kier alpha value is -0.740. The Labute approximate surface area is 121 Å². The number of hydrogen-bond acceptors (Lipinski definition) is 2. The maximum Gasteiger partial charge on any atom is 0.232 e. The lowest BCUT2D eigenvalue weighted by Gasteiger charge is -2.08.